The summed E-state index contributed by atoms with van der Waals surface area (Å²) in [6.45, 7) is 2.89. The van der Waals surface area contributed by atoms with Crippen LogP contribution in [-0.4, -0.2) is 45.6 Å². The first kappa shape index (κ1) is 16.0. The minimum atomic E-state index is -1.32. The fourth-order valence-corrected chi connectivity index (χ4v) is 1.64. The molecule has 0 heterocycles. The van der Waals surface area contributed by atoms with Gasteiger partial charge in [0.2, 0.25) is 5.91 Å². The van der Waals surface area contributed by atoms with Gasteiger partial charge in [-0.3, -0.25) is 4.79 Å². The third-order valence-corrected chi connectivity index (χ3v) is 3.40. The van der Waals surface area contributed by atoms with Crippen molar-refractivity contribution in [3.63, 3.8) is 0 Å². The summed E-state index contributed by atoms with van der Waals surface area (Å²) in [6.07, 6.45) is 0.277. The minimum Gasteiger partial charge on any atom is -0.508 e. The number of amides is 1. The molecule has 20 heavy (non-hydrogen) atoms. The van der Waals surface area contributed by atoms with Gasteiger partial charge in [0.15, 0.2) is 0 Å². The van der Waals surface area contributed by atoms with Crippen LogP contribution < -0.4 is 5.73 Å². The molecule has 1 amide bonds. The number of phenols is 1. The van der Waals surface area contributed by atoms with Gasteiger partial charge in [0.05, 0.1) is 6.04 Å². The van der Waals surface area contributed by atoms with Gasteiger partial charge in [-0.15, -0.1) is 0 Å². The van der Waals surface area contributed by atoms with Crippen LogP contribution in [0.5, 0.6) is 5.75 Å². The van der Waals surface area contributed by atoms with E-state index in [0.717, 1.165) is 10.5 Å². The van der Waals surface area contributed by atoms with E-state index in [0.29, 0.717) is 0 Å². The van der Waals surface area contributed by atoms with E-state index in [4.69, 9.17) is 10.8 Å². The van der Waals surface area contributed by atoms with Crippen molar-refractivity contribution < 1.29 is 19.8 Å². The van der Waals surface area contributed by atoms with Gasteiger partial charge in [-0.2, -0.15) is 0 Å². The Morgan fingerprint density at radius 2 is 1.80 bits per heavy atom. The van der Waals surface area contributed by atoms with Gasteiger partial charge in [0.1, 0.15) is 11.3 Å². The van der Waals surface area contributed by atoms with Crippen LogP contribution >= 0.6 is 0 Å². The number of phenolic OH excluding ortho intramolecular Hbond substituents is 1. The first-order valence-electron chi connectivity index (χ1n) is 6.21. The van der Waals surface area contributed by atoms with E-state index in [2.05, 4.69) is 0 Å². The molecule has 0 aliphatic heterocycles. The number of carbonyl (C=O) groups is 2. The van der Waals surface area contributed by atoms with E-state index in [-0.39, 0.29) is 12.2 Å². The smallest absolute Gasteiger partial charge is 0.329 e. The van der Waals surface area contributed by atoms with Crippen molar-refractivity contribution in [3.8, 4) is 5.75 Å². The summed E-state index contributed by atoms with van der Waals surface area (Å²) in [7, 11) is 1.42. The number of hydrogen-bond donors (Lipinski definition) is 3. The Hall–Kier alpha value is -2.08. The molecule has 0 bridgehead atoms. The molecule has 110 valence electrons. The number of aromatic hydroxyl groups is 1. The molecule has 0 aromatic heterocycles. The van der Waals surface area contributed by atoms with E-state index in [1.165, 1.54) is 33.0 Å². The summed E-state index contributed by atoms with van der Waals surface area (Å²) in [5.74, 6) is -1.39. The highest BCUT2D eigenvalue weighted by atomic mass is 16.4. The van der Waals surface area contributed by atoms with E-state index in [1.807, 2.05) is 0 Å². The van der Waals surface area contributed by atoms with Gasteiger partial charge in [0.25, 0.3) is 0 Å². The number of rotatable bonds is 5. The lowest BCUT2D eigenvalue weighted by Crippen LogP contribution is -2.55. The molecule has 1 rings (SSSR count). The van der Waals surface area contributed by atoms with Crippen molar-refractivity contribution in [2.45, 2.75) is 31.8 Å². The summed E-state index contributed by atoms with van der Waals surface area (Å²) < 4.78 is 0. The largest absolute Gasteiger partial charge is 0.508 e. The molecule has 6 heteroatoms. The number of nitrogens with two attached hydrogens (primary N) is 1. The summed E-state index contributed by atoms with van der Waals surface area (Å²) in [6, 6.07) is 5.54. The summed E-state index contributed by atoms with van der Waals surface area (Å²) >= 11 is 0. The average molecular weight is 280 g/mol. The number of aliphatic carboxylic acids is 1. The van der Waals surface area contributed by atoms with Crippen molar-refractivity contribution in [3.05, 3.63) is 29.8 Å². The Kier molecular flexibility index (Phi) is 4.73. The second kappa shape index (κ2) is 5.92. The van der Waals surface area contributed by atoms with Crippen LogP contribution in [0.4, 0.5) is 0 Å². The van der Waals surface area contributed by atoms with Gasteiger partial charge >= 0.3 is 5.97 Å². The SMILES string of the molecule is CN(C(=O)[C@@H](N)Cc1ccc(O)cc1)C(C)(C)C(=O)O. The molecule has 1 aromatic rings. The fourth-order valence-electron chi connectivity index (χ4n) is 1.64. The molecule has 0 radical (unpaired) electrons. The predicted molar refractivity (Wildman–Crippen MR) is 74.3 cm³/mol. The Labute approximate surface area is 117 Å². The molecule has 1 aromatic carbocycles. The zero-order valence-electron chi connectivity index (χ0n) is 11.8. The molecule has 0 spiro atoms. The van der Waals surface area contributed by atoms with Crippen molar-refractivity contribution in [1.82, 2.24) is 4.90 Å². The normalized spacial score (nSPS) is 12.8. The fraction of sp³-hybridized carbons (Fsp3) is 0.429. The number of benzene rings is 1. The first-order chi connectivity index (χ1) is 9.16. The van der Waals surface area contributed by atoms with Crippen LogP contribution in [0.15, 0.2) is 24.3 Å². The van der Waals surface area contributed by atoms with Crippen molar-refractivity contribution in [2.75, 3.05) is 7.05 Å². The maximum Gasteiger partial charge on any atom is 0.329 e. The lowest BCUT2D eigenvalue weighted by Gasteiger charge is -2.33. The summed E-state index contributed by atoms with van der Waals surface area (Å²) in [5.41, 5.74) is 5.32. The second-order valence-corrected chi connectivity index (χ2v) is 5.24. The Morgan fingerprint density at radius 1 is 1.30 bits per heavy atom. The van der Waals surface area contributed by atoms with E-state index in [1.54, 1.807) is 12.1 Å². The zero-order valence-corrected chi connectivity index (χ0v) is 11.8. The van der Waals surface area contributed by atoms with Gasteiger partial charge in [-0.1, -0.05) is 12.1 Å². The van der Waals surface area contributed by atoms with Crippen LogP contribution in [0.1, 0.15) is 19.4 Å². The Morgan fingerprint density at radius 3 is 2.25 bits per heavy atom. The van der Waals surface area contributed by atoms with Gasteiger partial charge in [0, 0.05) is 7.05 Å². The summed E-state index contributed by atoms with van der Waals surface area (Å²) in [5, 5.41) is 18.3. The van der Waals surface area contributed by atoms with Crippen LogP contribution in [0.2, 0.25) is 0 Å². The van der Waals surface area contributed by atoms with Crippen molar-refractivity contribution in [2.24, 2.45) is 5.73 Å². The van der Waals surface area contributed by atoms with Crippen LogP contribution in [0.3, 0.4) is 0 Å². The molecular formula is C14H20N2O4. The first-order valence-corrected chi connectivity index (χ1v) is 6.21. The van der Waals surface area contributed by atoms with E-state index >= 15 is 0 Å². The molecule has 0 aliphatic rings. The standard InChI is InChI=1S/C14H20N2O4/c1-14(2,13(19)20)16(3)12(18)11(15)8-9-4-6-10(17)7-5-9/h4-7,11,17H,8,15H2,1-3H3,(H,19,20)/t11-/m0/s1. The van der Waals surface area contributed by atoms with E-state index < -0.39 is 23.5 Å². The van der Waals surface area contributed by atoms with Crippen LogP contribution in [0.25, 0.3) is 0 Å². The molecule has 0 saturated heterocycles. The van der Waals surface area contributed by atoms with Crippen LogP contribution in [0, 0.1) is 0 Å². The Balaban J connectivity index is 2.77. The number of carboxylic acids is 1. The van der Waals surface area contributed by atoms with Crippen LogP contribution in [-0.2, 0) is 16.0 Å². The Bertz CT molecular complexity index is 496. The zero-order chi connectivity index (χ0) is 15.5. The van der Waals surface area contributed by atoms with E-state index in [9.17, 15) is 14.7 Å². The molecule has 0 aliphatic carbocycles. The molecule has 1 atom stereocenters. The number of carboxylic acid groups (broad SMARTS) is 1. The number of hydrogen-bond acceptors (Lipinski definition) is 4. The highest BCUT2D eigenvalue weighted by molar-refractivity contribution is 5.89. The molecule has 0 fully saturated rings. The van der Waals surface area contributed by atoms with Gasteiger partial charge in [-0.25, -0.2) is 4.79 Å². The highest BCUT2D eigenvalue weighted by Gasteiger charge is 2.36. The number of likely N-dealkylation sites (N-methyl/N-ethyl adjacent to an activating group) is 1. The molecular weight excluding hydrogens is 260 g/mol. The number of nitrogens with zero attached hydrogens (tertiary/aromatic N) is 1. The third-order valence-electron chi connectivity index (χ3n) is 3.40. The highest BCUT2D eigenvalue weighted by Crippen LogP contribution is 2.16. The topological polar surface area (TPSA) is 104 Å². The molecule has 6 nitrogen and oxygen atoms in total. The third kappa shape index (κ3) is 3.48. The molecule has 0 saturated carbocycles. The lowest BCUT2D eigenvalue weighted by molar-refractivity contribution is -0.155. The quantitative estimate of drug-likeness (QED) is 0.732. The summed E-state index contributed by atoms with van der Waals surface area (Å²) in [4.78, 5) is 24.4. The van der Waals surface area contributed by atoms with Gasteiger partial charge in [-0.05, 0) is 38.0 Å². The minimum absolute atomic E-state index is 0.137. The molecule has 0 unspecified atom stereocenters. The van der Waals surface area contributed by atoms with Crippen molar-refractivity contribution >= 4 is 11.9 Å². The monoisotopic (exact) mass is 280 g/mol. The van der Waals surface area contributed by atoms with Crippen molar-refractivity contribution in [1.29, 1.82) is 0 Å². The maximum atomic E-state index is 12.2. The van der Waals surface area contributed by atoms with Gasteiger partial charge < -0.3 is 20.8 Å². The number of carbonyl (C=O) groups excluding carboxylic acids is 1. The second-order valence-electron chi connectivity index (χ2n) is 5.24. The lowest BCUT2D eigenvalue weighted by atomic mass is 10.0. The average Bonchev–Trinajstić information content (AvgIpc) is 2.39. The molecule has 4 N–H and O–H groups in total. The predicted octanol–water partition coefficient (Wildman–Crippen LogP) is 0.584. The maximum absolute atomic E-state index is 12.2.